The summed E-state index contributed by atoms with van der Waals surface area (Å²) in [6.45, 7) is 12.9. The van der Waals surface area contributed by atoms with Crippen molar-refractivity contribution in [3.05, 3.63) is 10.2 Å². The van der Waals surface area contributed by atoms with Crippen LogP contribution >= 0.6 is 0 Å². The molecular formula is C22H46O3Sn. The van der Waals surface area contributed by atoms with E-state index in [4.69, 9.17) is 14.5 Å². The molecule has 0 saturated heterocycles. The normalized spacial score (nSPS) is 14.3. The number of rotatable bonds is 17. The van der Waals surface area contributed by atoms with E-state index in [0.29, 0.717) is 0 Å². The van der Waals surface area contributed by atoms with Gasteiger partial charge in [0, 0.05) is 0 Å². The Morgan fingerprint density at radius 3 is 1.73 bits per heavy atom. The molecule has 0 N–H and O–H groups in total. The first-order chi connectivity index (χ1) is 12.4. The maximum atomic E-state index is 5.77. The Hall–Kier alpha value is 0.419. The van der Waals surface area contributed by atoms with Crippen LogP contribution in [0.25, 0.3) is 0 Å². The molecule has 0 rings (SSSR count). The summed E-state index contributed by atoms with van der Waals surface area (Å²) >= 11 is -2.25. The van der Waals surface area contributed by atoms with Gasteiger partial charge in [0.05, 0.1) is 0 Å². The number of hydrogen-bond donors (Lipinski definition) is 0. The molecule has 0 aliphatic rings. The van der Waals surface area contributed by atoms with E-state index in [0.717, 1.165) is 12.8 Å². The van der Waals surface area contributed by atoms with Crippen LogP contribution in [-0.4, -0.2) is 37.4 Å². The fourth-order valence-corrected chi connectivity index (χ4v) is 17.6. The average molecular weight is 477 g/mol. The Balaban J connectivity index is 5.19. The van der Waals surface area contributed by atoms with Crippen molar-refractivity contribution in [1.29, 1.82) is 0 Å². The molecular weight excluding hydrogens is 431 g/mol. The van der Waals surface area contributed by atoms with Crippen LogP contribution in [0.1, 0.15) is 92.9 Å². The molecule has 0 aromatic heterocycles. The molecule has 0 fully saturated rings. The predicted octanol–water partition coefficient (Wildman–Crippen LogP) is 7.43. The quantitative estimate of drug-likeness (QED) is 0.0944. The molecule has 0 bridgehead atoms. The zero-order valence-electron chi connectivity index (χ0n) is 18.7. The van der Waals surface area contributed by atoms with Gasteiger partial charge in [-0.25, -0.2) is 0 Å². The van der Waals surface area contributed by atoms with Crippen molar-refractivity contribution in [2.45, 2.75) is 118 Å². The van der Waals surface area contributed by atoms with E-state index in [1.54, 1.807) is 7.11 Å². The van der Waals surface area contributed by atoms with Crippen LogP contribution in [0.2, 0.25) is 13.3 Å². The second-order valence-corrected chi connectivity index (χ2v) is 21.2. The van der Waals surface area contributed by atoms with Gasteiger partial charge in [-0.15, -0.1) is 0 Å². The van der Waals surface area contributed by atoms with Crippen molar-refractivity contribution < 1.29 is 14.5 Å². The van der Waals surface area contributed by atoms with Gasteiger partial charge >= 0.3 is 168 Å². The second kappa shape index (κ2) is 15.4. The van der Waals surface area contributed by atoms with Crippen LogP contribution in [0.4, 0.5) is 0 Å². The second-order valence-electron chi connectivity index (χ2n) is 8.14. The maximum absolute atomic E-state index is 5.77. The van der Waals surface area contributed by atoms with E-state index in [2.05, 4.69) is 37.9 Å². The fourth-order valence-electron chi connectivity index (χ4n) is 3.20. The molecule has 0 heterocycles. The van der Waals surface area contributed by atoms with E-state index >= 15 is 0 Å². The molecule has 0 aromatic carbocycles. The minimum atomic E-state index is -2.25. The Morgan fingerprint density at radius 2 is 1.35 bits per heavy atom. The van der Waals surface area contributed by atoms with Gasteiger partial charge in [-0.05, 0) is 0 Å². The van der Waals surface area contributed by atoms with Gasteiger partial charge < -0.3 is 0 Å². The molecule has 26 heavy (non-hydrogen) atoms. The van der Waals surface area contributed by atoms with E-state index < -0.39 is 24.2 Å². The molecule has 4 heteroatoms. The molecule has 0 aliphatic carbocycles. The summed E-state index contributed by atoms with van der Waals surface area (Å²) in [4.78, 5) is 11.3. The van der Waals surface area contributed by atoms with Gasteiger partial charge in [0.2, 0.25) is 0 Å². The molecule has 0 aromatic rings. The molecule has 0 spiro atoms. The number of unbranched alkanes of at least 4 members (excludes halogenated alkanes) is 3. The van der Waals surface area contributed by atoms with Crippen molar-refractivity contribution >= 4 is 18.4 Å². The summed E-state index contributed by atoms with van der Waals surface area (Å²) in [5.41, 5.74) is 0. The van der Waals surface area contributed by atoms with Gasteiger partial charge in [0.15, 0.2) is 0 Å². The first-order valence-electron chi connectivity index (χ1n) is 11.0. The van der Waals surface area contributed by atoms with Crippen molar-refractivity contribution in [1.82, 2.24) is 0 Å². The Morgan fingerprint density at radius 1 is 0.846 bits per heavy atom. The molecule has 0 amide bonds. The number of ether oxygens (including phenoxy) is 1. The minimum absolute atomic E-state index is 0.0374. The molecule has 0 saturated carbocycles. The number of methoxy groups -OCH3 is 1. The van der Waals surface area contributed by atoms with Crippen molar-refractivity contribution in [3.8, 4) is 0 Å². The zero-order valence-corrected chi connectivity index (χ0v) is 21.6. The van der Waals surface area contributed by atoms with Gasteiger partial charge in [-0.3, -0.25) is 0 Å². The van der Waals surface area contributed by atoms with Gasteiger partial charge in [-0.1, -0.05) is 0 Å². The van der Waals surface area contributed by atoms with Crippen LogP contribution in [0.15, 0.2) is 10.2 Å². The summed E-state index contributed by atoms with van der Waals surface area (Å²) in [7, 11) is 1.65. The third kappa shape index (κ3) is 12.0. The van der Waals surface area contributed by atoms with Crippen LogP contribution in [0.3, 0.4) is 0 Å². The van der Waals surface area contributed by atoms with Crippen molar-refractivity contribution in [2.24, 2.45) is 0 Å². The third-order valence-electron chi connectivity index (χ3n) is 5.19. The van der Waals surface area contributed by atoms with E-state index in [1.807, 2.05) is 13.8 Å². The standard InChI is InChI=1S/C10H19O3.3C4H9.Sn/c1-6-8-9(7-2)12-13-10(3,4)11-5;3*1-3-4-2;/h2,7,9H,6,8H2,1,3-5H3;3*1,3-4H2,2H3;. The Bertz CT molecular complexity index is 334. The third-order valence-corrected chi connectivity index (χ3v) is 19.3. The zero-order chi connectivity index (χ0) is 19.9. The fraction of sp³-hybridized carbons (Fsp3) is 0.909. The van der Waals surface area contributed by atoms with Crippen molar-refractivity contribution in [2.75, 3.05) is 7.11 Å². The average Bonchev–Trinajstić information content (AvgIpc) is 2.64. The molecule has 3 nitrogen and oxygen atoms in total. The van der Waals surface area contributed by atoms with Crippen LogP contribution in [0, 0.1) is 0 Å². The summed E-state index contributed by atoms with van der Waals surface area (Å²) < 4.78 is 12.5. The molecule has 156 valence electrons. The van der Waals surface area contributed by atoms with Gasteiger partial charge in [-0.2, -0.15) is 0 Å². The monoisotopic (exact) mass is 478 g/mol. The Labute approximate surface area is 168 Å². The molecule has 1 unspecified atom stereocenters. The summed E-state index contributed by atoms with van der Waals surface area (Å²) in [5.74, 6) is -0.702. The summed E-state index contributed by atoms with van der Waals surface area (Å²) in [5, 5.41) is 0. The Kier molecular flexibility index (Phi) is 15.6. The van der Waals surface area contributed by atoms with Crippen LogP contribution in [0.5, 0.6) is 0 Å². The topological polar surface area (TPSA) is 27.7 Å². The molecule has 1 atom stereocenters. The van der Waals surface area contributed by atoms with E-state index in [1.165, 1.54) is 51.8 Å². The van der Waals surface area contributed by atoms with E-state index in [-0.39, 0.29) is 6.10 Å². The SMILES string of the molecule is CCC[CH2][Sn](/[CH]=C\C(CCC)OOC(C)(C)OC)([CH2]CCC)[CH2]CCC. The molecule has 0 radical (unpaired) electrons. The van der Waals surface area contributed by atoms with E-state index in [9.17, 15) is 0 Å². The first kappa shape index (κ1) is 26.4. The van der Waals surface area contributed by atoms with Gasteiger partial charge in [0.1, 0.15) is 0 Å². The van der Waals surface area contributed by atoms with Crippen LogP contribution < -0.4 is 0 Å². The predicted molar refractivity (Wildman–Crippen MR) is 116 cm³/mol. The molecule has 0 aliphatic heterocycles. The van der Waals surface area contributed by atoms with Crippen molar-refractivity contribution in [3.63, 3.8) is 0 Å². The van der Waals surface area contributed by atoms with Crippen LogP contribution in [-0.2, 0) is 14.5 Å². The summed E-state index contributed by atoms with van der Waals surface area (Å²) in [6, 6.07) is 0. The van der Waals surface area contributed by atoms with Gasteiger partial charge in [0.25, 0.3) is 0 Å². The summed E-state index contributed by atoms with van der Waals surface area (Å²) in [6.07, 6.45) is 12.6. The first-order valence-corrected chi connectivity index (χ1v) is 18.7. The number of hydrogen-bond acceptors (Lipinski definition) is 3.